The highest BCUT2D eigenvalue weighted by Gasteiger charge is 2.11. The van der Waals surface area contributed by atoms with Gasteiger partial charge in [-0.05, 0) is 31.2 Å². The maximum Gasteiger partial charge on any atom is 0.0328 e. The van der Waals surface area contributed by atoms with Gasteiger partial charge in [0.15, 0.2) is 0 Å². The smallest absolute Gasteiger partial charge is 0.0328 e. The fourth-order valence-electron chi connectivity index (χ4n) is 1.53. The standard InChI is InChI=1S/C11H15Br2N/c1-3-4-11(14-2)9-6-5-8(12)7-10(9)13/h5-7,11,14H,3-4H2,1-2H3. The van der Waals surface area contributed by atoms with Crippen LogP contribution in [0.4, 0.5) is 0 Å². The van der Waals surface area contributed by atoms with E-state index in [1.807, 2.05) is 7.05 Å². The Morgan fingerprint density at radius 2 is 2.07 bits per heavy atom. The zero-order valence-corrected chi connectivity index (χ0v) is 11.7. The maximum atomic E-state index is 3.59. The maximum absolute atomic E-state index is 3.59. The molecule has 0 bridgehead atoms. The average Bonchev–Trinajstić information content (AvgIpc) is 2.15. The molecule has 0 aromatic heterocycles. The number of hydrogen-bond donors (Lipinski definition) is 1. The highest BCUT2D eigenvalue weighted by molar-refractivity contribution is 9.11. The number of nitrogens with one attached hydrogen (secondary N) is 1. The molecule has 1 atom stereocenters. The predicted molar refractivity (Wildman–Crippen MR) is 68.6 cm³/mol. The first-order valence-corrected chi connectivity index (χ1v) is 6.39. The van der Waals surface area contributed by atoms with Crippen molar-refractivity contribution in [2.24, 2.45) is 0 Å². The van der Waals surface area contributed by atoms with Crippen molar-refractivity contribution in [3.05, 3.63) is 32.7 Å². The molecule has 3 heteroatoms. The van der Waals surface area contributed by atoms with Gasteiger partial charge >= 0.3 is 0 Å². The van der Waals surface area contributed by atoms with E-state index in [1.54, 1.807) is 0 Å². The quantitative estimate of drug-likeness (QED) is 0.873. The lowest BCUT2D eigenvalue weighted by atomic mass is 10.0. The second-order valence-electron chi connectivity index (χ2n) is 3.30. The average molecular weight is 321 g/mol. The normalized spacial score (nSPS) is 12.9. The predicted octanol–water partition coefficient (Wildman–Crippen LogP) is 4.27. The summed E-state index contributed by atoms with van der Waals surface area (Å²) in [6.07, 6.45) is 2.35. The fraction of sp³-hybridized carbons (Fsp3) is 0.455. The van der Waals surface area contributed by atoms with Gasteiger partial charge in [-0.1, -0.05) is 51.3 Å². The minimum absolute atomic E-state index is 0.447. The molecule has 0 aliphatic heterocycles. The summed E-state index contributed by atoms with van der Waals surface area (Å²) in [6.45, 7) is 2.21. The van der Waals surface area contributed by atoms with Crippen molar-refractivity contribution in [1.82, 2.24) is 5.32 Å². The van der Waals surface area contributed by atoms with E-state index in [9.17, 15) is 0 Å². The van der Waals surface area contributed by atoms with Crippen LogP contribution in [0.2, 0.25) is 0 Å². The third-order valence-corrected chi connectivity index (χ3v) is 3.44. The molecule has 0 aliphatic rings. The van der Waals surface area contributed by atoms with Crippen LogP contribution >= 0.6 is 31.9 Å². The van der Waals surface area contributed by atoms with Gasteiger partial charge in [0.2, 0.25) is 0 Å². The highest BCUT2D eigenvalue weighted by Crippen LogP contribution is 2.28. The van der Waals surface area contributed by atoms with Crippen LogP contribution in [0.15, 0.2) is 27.1 Å². The largest absolute Gasteiger partial charge is 0.313 e. The molecule has 1 aromatic carbocycles. The Balaban J connectivity index is 2.92. The van der Waals surface area contributed by atoms with E-state index < -0.39 is 0 Å². The Labute approximate surface area is 103 Å². The van der Waals surface area contributed by atoms with Crippen LogP contribution in [0.3, 0.4) is 0 Å². The molecule has 0 amide bonds. The molecule has 14 heavy (non-hydrogen) atoms. The van der Waals surface area contributed by atoms with Crippen molar-refractivity contribution in [2.45, 2.75) is 25.8 Å². The summed E-state index contributed by atoms with van der Waals surface area (Å²) in [6, 6.07) is 6.78. The van der Waals surface area contributed by atoms with Gasteiger partial charge in [0, 0.05) is 15.0 Å². The number of hydrogen-bond acceptors (Lipinski definition) is 1. The Hall–Kier alpha value is 0.140. The summed E-state index contributed by atoms with van der Waals surface area (Å²) < 4.78 is 2.28. The molecule has 1 rings (SSSR count). The Bertz CT molecular complexity index is 299. The molecule has 0 spiro atoms. The summed E-state index contributed by atoms with van der Waals surface area (Å²) in [5.74, 6) is 0. The summed E-state index contributed by atoms with van der Waals surface area (Å²) in [4.78, 5) is 0. The van der Waals surface area contributed by atoms with Gasteiger partial charge in [-0.3, -0.25) is 0 Å². The lowest BCUT2D eigenvalue weighted by molar-refractivity contribution is 0.539. The van der Waals surface area contributed by atoms with Crippen LogP contribution < -0.4 is 5.32 Å². The molecule has 0 aliphatic carbocycles. The van der Waals surface area contributed by atoms with E-state index >= 15 is 0 Å². The second kappa shape index (κ2) is 5.89. The lowest BCUT2D eigenvalue weighted by Gasteiger charge is -2.17. The van der Waals surface area contributed by atoms with Gasteiger partial charge in [-0.25, -0.2) is 0 Å². The van der Waals surface area contributed by atoms with Crippen molar-refractivity contribution in [1.29, 1.82) is 0 Å². The van der Waals surface area contributed by atoms with Crippen LogP contribution in [0.5, 0.6) is 0 Å². The van der Waals surface area contributed by atoms with Gasteiger partial charge in [0.25, 0.3) is 0 Å². The van der Waals surface area contributed by atoms with Crippen molar-refractivity contribution >= 4 is 31.9 Å². The van der Waals surface area contributed by atoms with Crippen molar-refractivity contribution in [2.75, 3.05) is 7.05 Å². The van der Waals surface area contributed by atoms with Gasteiger partial charge in [0.05, 0.1) is 0 Å². The third-order valence-electron chi connectivity index (χ3n) is 2.26. The molecular formula is C11H15Br2N. The molecule has 1 aromatic rings. The van der Waals surface area contributed by atoms with E-state index in [2.05, 4.69) is 62.3 Å². The van der Waals surface area contributed by atoms with Gasteiger partial charge in [0.1, 0.15) is 0 Å². The van der Waals surface area contributed by atoms with Gasteiger partial charge < -0.3 is 5.32 Å². The molecule has 1 nitrogen and oxygen atoms in total. The Kier molecular flexibility index (Phi) is 5.13. The zero-order valence-electron chi connectivity index (χ0n) is 8.48. The number of halogens is 2. The van der Waals surface area contributed by atoms with E-state index in [1.165, 1.54) is 16.5 Å². The number of rotatable bonds is 4. The minimum atomic E-state index is 0.447. The molecule has 1 N–H and O–H groups in total. The molecule has 1 unspecified atom stereocenters. The lowest BCUT2D eigenvalue weighted by Crippen LogP contribution is -2.16. The monoisotopic (exact) mass is 319 g/mol. The second-order valence-corrected chi connectivity index (χ2v) is 5.07. The summed E-state index contributed by atoms with van der Waals surface area (Å²) in [5.41, 5.74) is 1.33. The first-order valence-electron chi connectivity index (χ1n) is 4.81. The molecule has 0 saturated carbocycles. The van der Waals surface area contributed by atoms with E-state index in [4.69, 9.17) is 0 Å². The Morgan fingerprint density at radius 3 is 2.57 bits per heavy atom. The molecule has 0 heterocycles. The van der Waals surface area contributed by atoms with Gasteiger partial charge in [-0.15, -0.1) is 0 Å². The highest BCUT2D eigenvalue weighted by atomic mass is 79.9. The first kappa shape index (κ1) is 12.2. The SMILES string of the molecule is CCCC(NC)c1ccc(Br)cc1Br. The molecule has 0 saturated heterocycles. The molecule has 0 radical (unpaired) electrons. The van der Waals surface area contributed by atoms with Crippen molar-refractivity contribution in [3.63, 3.8) is 0 Å². The molecular weight excluding hydrogens is 306 g/mol. The van der Waals surface area contributed by atoms with Crippen LogP contribution in [0, 0.1) is 0 Å². The van der Waals surface area contributed by atoms with E-state index in [-0.39, 0.29) is 0 Å². The Morgan fingerprint density at radius 1 is 1.36 bits per heavy atom. The van der Waals surface area contributed by atoms with E-state index in [0.717, 1.165) is 10.9 Å². The summed E-state index contributed by atoms with van der Waals surface area (Å²) in [7, 11) is 2.01. The van der Waals surface area contributed by atoms with Crippen LogP contribution in [0.1, 0.15) is 31.4 Å². The summed E-state index contributed by atoms with van der Waals surface area (Å²) >= 11 is 7.04. The number of benzene rings is 1. The molecule has 0 fully saturated rings. The minimum Gasteiger partial charge on any atom is -0.313 e. The van der Waals surface area contributed by atoms with E-state index in [0.29, 0.717) is 6.04 Å². The fourth-order valence-corrected chi connectivity index (χ4v) is 2.85. The molecule has 78 valence electrons. The van der Waals surface area contributed by atoms with Crippen LogP contribution in [0.25, 0.3) is 0 Å². The van der Waals surface area contributed by atoms with Crippen molar-refractivity contribution < 1.29 is 0 Å². The van der Waals surface area contributed by atoms with Crippen molar-refractivity contribution in [3.8, 4) is 0 Å². The van der Waals surface area contributed by atoms with Crippen LogP contribution in [-0.4, -0.2) is 7.05 Å². The third kappa shape index (κ3) is 3.07. The summed E-state index contributed by atoms with van der Waals surface area (Å²) in [5, 5.41) is 3.33. The first-order chi connectivity index (χ1) is 6.69. The van der Waals surface area contributed by atoms with Gasteiger partial charge in [-0.2, -0.15) is 0 Å². The van der Waals surface area contributed by atoms with Crippen LogP contribution in [-0.2, 0) is 0 Å². The topological polar surface area (TPSA) is 12.0 Å². The zero-order chi connectivity index (χ0) is 10.6.